The molecule has 9 nitrogen and oxygen atoms in total. The van der Waals surface area contributed by atoms with E-state index in [1.54, 1.807) is 7.11 Å². The number of halogens is 3. The molecule has 3 saturated heterocycles. The molecule has 0 saturated carbocycles. The Bertz CT molecular complexity index is 1890. The van der Waals surface area contributed by atoms with Crippen LogP contribution in [0.1, 0.15) is 31.7 Å². The Morgan fingerprint density at radius 2 is 2.07 bits per heavy atom. The molecule has 0 radical (unpaired) electrons. The van der Waals surface area contributed by atoms with Gasteiger partial charge in [-0.05, 0) is 49.9 Å². The average molecular weight is 634 g/mol. The number of phenols is 1. The summed E-state index contributed by atoms with van der Waals surface area (Å²) in [5.74, 6) is 1.08. The number of rotatable bonds is 6. The number of nitrogens with zero attached hydrogens (tertiary/aromatic N) is 5. The van der Waals surface area contributed by atoms with E-state index in [1.165, 1.54) is 30.5 Å². The van der Waals surface area contributed by atoms with Gasteiger partial charge in [-0.25, -0.2) is 13.2 Å². The van der Waals surface area contributed by atoms with Gasteiger partial charge in [0.15, 0.2) is 5.82 Å². The summed E-state index contributed by atoms with van der Waals surface area (Å²) in [5.41, 5.74) is -1.38. The number of aromatic hydroxyl groups is 1. The number of anilines is 1. The maximum Gasteiger partial charge on any atom is 0.319 e. The van der Waals surface area contributed by atoms with Gasteiger partial charge in [0.2, 0.25) is 0 Å². The molecule has 2 aromatic carbocycles. The number of ether oxygens (including phenoxy) is 3. The maximum absolute atomic E-state index is 16.8. The van der Waals surface area contributed by atoms with Crippen LogP contribution in [0, 0.1) is 24.0 Å². The van der Waals surface area contributed by atoms with E-state index in [-0.39, 0.29) is 46.1 Å². The molecule has 0 amide bonds. The second kappa shape index (κ2) is 11.6. The number of pyridine rings is 1. The number of methoxy groups -OCH3 is 1. The first-order chi connectivity index (χ1) is 22.1. The lowest BCUT2D eigenvalue weighted by molar-refractivity contribution is -0.0448. The van der Waals surface area contributed by atoms with Gasteiger partial charge in [0, 0.05) is 43.8 Å². The van der Waals surface area contributed by atoms with Gasteiger partial charge < -0.3 is 24.2 Å². The summed E-state index contributed by atoms with van der Waals surface area (Å²) in [6.07, 6.45) is 8.25. The molecule has 3 aliphatic rings. The van der Waals surface area contributed by atoms with Gasteiger partial charge in [0.1, 0.15) is 47.0 Å². The van der Waals surface area contributed by atoms with Crippen molar-refractivity contribution in [3.8, 4) is 35.4 Å². The van der Waals surface area contributed by atoms with Crippen LogP contribution in [0.3, 0.4) is 0 Å². The molecule has 3 aliphatic heterocycles. The monoisotopic (exact) mass is 633 g/mol. The highest BCUT2D eigenvalue weighted by atomic mass is 19.1. The Balaban J connectivity index is 1.39. The fraction of sp³-hybridized carbons (Fsp3) is 0.441. The highest BCUT2D eigenvalue weighted by Gasteiger charge is 2.49. The molecule has 3 atom stereocenters. The van der Waals surface area contributed by atoms with Gasteiger partial charge in [-0.2, -0.15) is 9.97 Å². The predicted octanol–water partition coefficient (Wildman–Crippen LogP) is 5.01. The van der Waals surface area contributed by atoms with Crippen molar-refractivity contribution in [3.63, 3.8) is 0 Å². The highest BCUT2D eigenvalue weighted by molar-refractivity contribution is 6.03. The van der Waals surface area contributed by atoms with Gasteiger partial charge in [-0.3, -0.25) is 9.88 Å². The number of aromatic nitrogens is 3. The Kier molecular flexibility index (Phi) is 7.66. The van der Waals surface area contributed by atoms with Crippen molar-refractivity contribution in [2.75, 3.05) is 58.0 Å². The second-order valence-electron chi connectivity index (χ2n) is 12.7. The Labute approximate surface area is 264 Å². The summed E-state index contributed by atoms with van der Waals surface area (Å²) in [4.78, 5) is 17.8. The van der Waals surface area contributed by atoms with Gasteiger partial charge in [-0.1, -0.05) is 12.0 Å². The summed E-state index contributed by atoms with van der Waals surface area (Å²) in [6, 6.07) is 5.33. The molecule has 0 aliphatic carbocycles. The Hall–Kier alpha value is -4.18. The molecule has 3 fully saturated rings. The molecule has 1 unspecified atom stereocenters. The smallest absolute Gasteiger partial charge is 0.319 e. The zero-order valence-electron chi connectivity index (χ0n) is 25.7. The topological polar surface area (TPSA) is 93.1 Å². The van der Waals surface area contributed by atoms with Crippen LogP contribution in [0.15, 0.2) is 30.5 Å². The van der Waals surface area contributed by atoms with Crippen molar-refractivity contribution in [2.24, 2.45) is 0 Å². The van der Waals surface area contributed by atoms with Crippen LogP contribution in [0.4, 0.5) is 19.0 Å². The molecule has 0 spiro atoms. The van der Waals surface area contributed by atoms with Crippen molar-refractivity contribution in [3.05, 3.63) is 47.7 Å². The first kappa shape index (κ1) is 30.5. The number of alkyl halides is 1. The van der Waals surface area contributed by atoms with E-state index in [1.807, 2.05) is 11.8 Å². The molecule has 46 heavy (non-hydrogen) atoms. The summed E-state index contributed by atoms with van der Waals surface area (Å²) >= 11 is 0. The molecular weight excluding hydrogens is 599 g/mol. The van der Waals surface area contributed by atoms with Crippen molar-refractivity contribution < 1.29 is 32.5 Å². The Morgan fingerprint density at radius 1 is 1.22 bits per heavy atom. The van der Waals surface area contributed by atoms with Crippen molar-refractivity contribution in [2.45, 2.75) is 43.5 Å². The third-order valence-corrected chi connectivity index (χ3v) is 9.56. The summed E-state index contributed by atoms with van der Waals surface area (Å²) < 4.78 is 63.9. The summed E-state index contributed by atoms with van der Waals surface area (Å²) in [5, 5.41) is 11.5. The van der Waals surface area contributed by atoms with Gasteiger partial charge in [0.05, 0.1) is 36.2 Å². The minimum absolute atomic E-state index is 0.0671. The summed E-state index contributed by atoms with van der Waals surface area (Å²) in [7, 11) is 1.60. The molecule has 240 valence electrons. The lowest BCUT2D eigenvalue weighted by Crippen LogP contribution is -2.44. The minimum Gasteiger partial charge on any atom is -0.508 e. The average Bonchev–Trinajstić information content (AvgIpc) is 3.49. The van der Waals surface area contributed by atoms with Gasteiger partial charge in [-0.15, -0.1) is 6.42 Å². The quantitative estimate of drug-likeness (QED) is 0.295. The normalized spacial score (nSPS) is 25.1. The van der Waals surface area contributed by atoms with E-state index in [0.717, 1.165) is 19.4 Å². The number of phenolic OH excluding ortho intramolecular Hbond substituents is 1. The van der Waals surface area contributed by atoms with Crippen molar-refractivity contribution in [1.82, 2.24) is 19.9 Å². The van der Waals surface area contributed by atoms with Crippen LogP contribution in [0.5, 0.6) is 11.8 Å². The molecule has 4 aromatic rings. The van der Waals surface area contributed by atoms with E-state index in [2.05, 4.69) is 20.8 Å². The SMILES string of the molecule is C#Cc1c(F)ccc2cc(O)cc(-c3ncc4c(N5CCOCC(C)(OC)C5)nc(OC[C@@]56CCCN5C[C@H](F)C6)nc4c3F)c12. The largest absolute Gasteiger partial charge is 0.508 e. The standard InChI is InChI=1S/C34H34F3N5O4/c1-4-23-26(36)7-6-20-12-22(43)13-24(27(20)23)29-28(37)30-25(15-38-29)31(41-10-11-45-18-33(2,17-41)44-3)40-32(39-30)46-19-34-8-5-9-42(34)16-21(35)14-34/h1,6-7,12-13,15,21,43H,5,8-11,14,16-19H2,2-3H3/t21-,33?,34+/m1/s1. The molecule has 1 N–H and O–H groups in total. The fourth-order valence-electron chi connectivity index (χ4n) is 7.21. The first-order valence-electron chi connectivity index (χ1n) is 15.3. The lowest BCUT2D eigenvalue weighted by atomic mass is 9.95. The van der Waals surface area contributed by atoms with Crippen molar-refractivity contribution >= 4 is 27.5 Å². The molecular formula is C34H34F3N5O4. The van der Waals surface area contributed by atoms with Crippen LogP contribution in [-0.4, -0.2) is 95.4 Å². The number of fused-ring (bicyclic) bond motifs is 3. The van der Waals surface area contributed by atoms with E-state index in [9.17, 15) is 13.9 Å². The molecule has 2 aromatic heterocycles. The summed E-state index contributed by atoms with van der Waals surface area (Å²) in [6.45, 7) is 4.75. The van der Waals surface area contributed by atoms with E-state index in [0.29, 0.717) is 55.9 Å². The van der Waals surface area contributed by atoms with Gasteiger partial charge in [0.25, 0.3) is 0 Å². The third-order valence-electron chi connectivity index (χ3n) is 9.56. The van der Waals surface area contributed by atoms with Crippen LogP contribution >= 0.6 is 0 Å². The zero-order valence-corrected chi connectivity index (χ0v) is 25.7. The number of hydrogen-bond acceptors (Lipinski definition) is 9. The fourth-order valence-corrected chi connectivity index (χ4v) is 7.21. The molecule has 0 bridgehead atoms. The van der Waals surface area contributed by atoms with Crippen molar-refractivity contribution in [1.29, 1.82) is 0 Å². The van der Waals surface area contributed by atoms with E-state index in [4.69, 9.17) is 25.6 Å². The minimum atomic E-state index is -0.943. The van der Waals surface area contributed by atoms with E-state index < -0.39 is 28.9 Å². The zero-order chi connectivity index (χ0) is 32.2. The van der Waals surface area contributed by atoms with Crippen LogP contribution in [0.25, 0.3) is 32.9 Å². The Morgan fingerprint density at radius 3 is 2.87 bits per heavy atom. The maximum atomic E-state index is 16.8. The first-order valence-corrected chi connectivity index (χ1v) is 15.3. The molecule has 12 heteroatoms. The predicted molar refractivity (Wildman–Crippen MR) is 167 cm³/mol. The lowest BCUT2D eigenvalue weighted by Gasteiger charge is -2.32. The van der Waals surface area contributed by atoms with Crippen LogP contribution < -0.4 is 9.64 Å². The number of terminal acetylenes is 1. The second-order valence-corrected chi connectivity index (χ2v) is 12.7. The number of hydrogen-bond donors (Lipinski definition) is 1. The molecule has 7 rings (SSSR count). The van der Waals surface area contributed by atoms with Crippen LogP contribution in [-0.2, 0) is 9.47 Å². The van der Waals surface area contributed by atoms with Gasteiger partial charge >= 0.3 is 6.01 Å². The molecule has 5 heterocycles. The van der Waals surface area contributed by atoms with Crippen LogP contribution in [0.2, 0.25) is 0 Å². The van der Waals surface area contributed by atoms with E-state index >= 15 is 4.39 Å². The number of benzene rings is 2. The highest BCUT2D eigenvalue weighted by Crippen LogP contribution is 2.42. The third kappa shape index (κ3) is 5.16.